The van der Waals surface area contributed by atoms with Crippen molar-refractivity contribution in [2.75, 3.05) is 11.9 Å². The summed E-state index contributed by atoms with van der Waals surface area (Å²) in [6.07, 6.45) is 5.16. The Morgan fingerprint density at radius 3 is 2.74 bits per heavy atom. The Bertz CT molecular complexity index is 909. The fraction of sp³-hybridized carbons (Fsp3) is 0.368. The van der Waals surface area contributed by atoms with Crippen molar-refractivity contribution in [2.45, 2.75) is 32.2 Å². The quantitative estimate of drug-likeness (QED) is 0.816. The minimum absolute atomic E-state index is 0.179. The fourth-order valence-electron chi connectivity index (χ4n) is 3.30. The van der Waals surface area contributed by atoms with E-state index in [-0.39, 0.29) is 24.1 Å². The van der Waals surface area contributed by atoms with Gasteiger partial charge in [-0.1, -0.05) is 0 Å². The van der Waals surface area contributed by atoms with Crippen molar-refractivity contribution in [3.05, 3.63) is 47.0 Å². The van der Waals surface area contributed by atoms with Crippen molar-refractivity contribution in [1.82, 2.24) is 14.5 Å². The minimum atomic E-state index is -0.646. The van der Waals surface area contributed by atoms with Gasteiger partial charge in [-0.25, -0.2) is 4.79 Å². The van der Waals surface area contributed by atoms with Gasteiger partial charge in [0.05, 0.1) is 35.2 Å². The molecule has 27 heavy (non-hydrogen) atoms. The van der Waals surface area contributed by atoms with Crippen molar-refractivity contribution < 1.29 is 9.59 Å². The SMILES string of the molecule is CCN(Cc1c(C(N)=O)c(C#N)c(C2CC2)n1C)C(=O)Nc1cccnc1. The molecule has 0 atom stereocenters. The fourth-order valence-corrected chi connectivity index (χ4v) is 3.30. The second kappa shape index (κ2) is 7.50. The first kappa shape index (κ1) is 18.5. The zero-order valence-corrected chi connectivity index (χ0v) is 15.4. The summed E-state index contributed by atoms with van der Waals surface area (Å²) in [5.74, 6) is -0.372. The molecule has 0 aromatic carbocycles. The van der Waals surface area contributed by atoms with Gasteiger partial charge in [-0.05, 0) is 31.9 Å². The summed E-state index contributed by atoms with van der Waals surface area (Å²) in [7, 11) is 1.82. The standard InChI is InChI=1S/C19H22N6O2/c1-3-25(19(27)23-13-5-4-8-22-10-13)11-15-16(18(21)26)14(9-20)17(24(15)2)12-6-7-12/h4-5,8,10,12H,3,6-7,11H2,1-2H3,(H2,21,26)(H,23,27). The summed E-state index contributed by atoms with van der Waals surface area (Å²) in [6.45, 7) is 2.46. The lowest BCUT2D eigenvalue weighted by Crippen LogP contribution is -2.35. The van der Waals surface area contributed by atoms with Crippen LogP contribution >= 0.6 is 0 Å². The van der Waals surface area contributed by atoms with Crippen LogP contribution in [0.5, 0.6) is 0 Å². The van der Waals surface area contributed by atoms with Gasteiger partial charge in [0.2, 0.25) is 0 Å². The van der Waals surface area contributed by atoms with Gasteiger partial charge in [0.25, 0.3) is 5.91 Å². The maximum absolute atomic E-state index is 12.6. The lowest BCUT2D eigenvalue weighted by atomic mass is 10.1. The van der Waals surface area contributed by atoms with Gasteiger partial charge in [-0.3, -0.25) is 9.78 Å². The molecule has 3 N–H and O–H groups in total. The predicted molar refractivity (Wildman–Crippen MR) is 100.0 cm³/mol. The Morgan fingerprint density at radius 2 is 2.22 bits per heavy atom. The van der Waals surface area contributed by atoms with Gasteiger partial charge in [-0.2, -0.15) is 5.26 Å². The molecule has 1 aliphatic carbocycles. The molecule has 1 saturated carbocycles. The molecule has 2 heterocycles. The van der Waals surface area contributed by atoms with Crippen molar-refractivity contribution in [3.8, 4) is 6.07 Å². The summed E-state index contributed by atoms with van der Waals surface area (Å²) in [5, 5.41) is 12.4. The lowest BCUT2D eigenvalue weighted by Gasteiger charge is -2.22. The number of carbonyl (C=O) groups excluding carboxylic acids is 2. The van der Waals surface area contributed by atoms with Gasteiger partial charge >= 0.3 is 6.03 Å². The van der Waals surface area contributed by atoms with Crippen LogP contribution in [0.2, 0.25) is 0 Å². The third-order valence-corrected chi connectivity index (χ3v) is 4.81. The van der Waals surface area contributed by atoms with E-state index in [1.165, 1.54) is 0 Å². The van der Waals surface area contributed by atoms with Crippen LogP contribution in [-0.2, 0) is 13.6 Å². The van der Waals surface area contributed by atoms with E-state index in [4.69, 9.17) is 5.73 Å². The number of primary amides is 1. The number of pyridine rings is 1. The van der Waals surface area contributed by atoms with Gasteiger partial charge in [0.1, 0.15) is 6.07 Å². The Kier molecular flexibility index (Phi) is 5.12. The molecule has 0 spiro atoms. The average Bonchev–Trinajstić information content (AvgIpc) is 3.44. The minimum Gasteiger partial charge on any atom is -0.366 e. The van der Waals surface area contributed by atoms with E-state index in [9.17, 15) is 14.9 Å². The number of nitrogens with zero attached hydrogens (tertiary/aromatic N) is 4. The predicted octanol–water partition coefficient (Wildman–Crippen LogP) is 2.32. The molecule has 8 heteroatoms. The summed E-state index contributed by atoms with van der Waals surface area (Å²) >= 11 is 0. The molecule has 0 aliphatic heterocycles. The number of amides is 3. The van der Waals surface area contributed by atoms with Gasteiger partial charge in [0, 0.05) is 31.4 Å². The molecule has 8 nitrogen and oxygen atoms in total. The van der Waals surface area contributed by atoms with Gasteiger partial charge < -0.3 is 20.5 Å². The summed E-state index contributed by atoms with van der Waals surface area (Å²) in [5.41, 5.74) is 8.14. The molecular weight excluding hydrogens is 344 g/mol. The number of anilines is 1. The van der Waals surface area contributed by atoms with E-state index in [2.05, 4.69) is 16.4 Å². The summed E-state index contributed by atoms with van der Waals surface area (Å²) in [4.78, 5) is 30.3. The molecule has 3 amide bonds. The highest BCUT2D eigenvalue weighted by Crippen LogP contribution is 2.43. The topological polar surface area (TPSA) is 117 Å². The molecule has 0 saturated heterocycles. The van der Waals surface area contributed by atoms with Crippen LogP contribution in [0.4, 0.5) is 10.5 Å². The van der Waals surface area contributed by atoms with E-state index in [1.807, 2.05) is 18.5 Å². The van der Waals surface area contributed by atoms with Gasteiger partial charge in [-0.15, -0.1) is 0 Å². The molecule has 140 valence electrons. The number of hydrogen-bond donors (Lipinski definition) is 2. The maximum Gasteiger partial charge on any atom is 0.322 e. The highest BCUT2D eigenvalue weighted by molar-refractivity contribution is 5.97. The van der Waals surface area contributed by atoms with Crippen LogP contribution in [-0.4, -0.2) is 32.9 Å². The monoisotopic (exact) mass is 366 g/mol. The first-order valence-corrected chi connectivity index (χ1v) is 8.85. The number of carbonyl (C=O) groups is 2. The number of rotatable bonds is 6. The summed E-state index contributed by atoms with van der Waals surface area (Å²) in [6, 6.07) is 5.30. The van der Waals surface area contributed by atoms with E-state index >= 15 is 0 Å². The number of urea groups is 1. The second-order valence-electron chi connectivity index (χ2n) is 6.58. The molecule has 1 aliphatic rings. The van der Waals surface area contributed by atoms with Crippen LogP contribution < -0.4 is 11.1 Å². The zero-order chi connectivity index (χ0) is 19.6. The largest absolute Gasteiger partial charge is 0.366 e. The number of nitrogens with one attached hydrogen (secondary N) is 1. The van der Waals surface area contributed by atoms with Crippen molar-refractivity contribution in [3.63, 3.8) is 0 Å². The van der Waals surface area contributed by atoms with E-state index < -0.39 is 5.91 Å². The number of aromatic nitrogens is 2. The van der Waals surface area contributed by atoms with Crippen LogP contribution in [0.3, 0.4) is 0 Å². The zero-order valence-electron chi connectivity index (χ0n) is 15.4. The third kappa shape index (κ3) is 3.62. The molecule has 2 aromatic heterocycles. The highest BCUT2D eigenvalue weighted by Gasteiger charge is 2.35. The van der Waals surface area contributed by atoms with Crippen molar-refractivity contribution in [2.24, 2.45) is 12.8 Å². The van der Waals surface area contributed by atoms with E-state index in [0.29, 0.717) is 23.5 Å². The Balaban J connectivity index is 1.92. The lowest BCUT2D eigenvalue weighted by molar-refractivity contribution is 0.0998. The molecule has 1 fully saturated rings. The molecule has 0 radical (unpaired) electrons. The van der Waals surface area contributed by atoms with Crippen LogP contribution in [0.1, 0.15) is 53.0 Å². The Hall–Kier alpha value is -3.34. The van der Waals surface area contributed by atoms with Crippen LogP contribution in [0.25, 0.3) is 0 Å². The molecule has 3 rings (SSSR count). The highest BCUT2D eigenvalue weighted by atomic mass is 16.2. The Labute approximate surface area is 157 Å². The molecular formula is C19H22N6O2. The van der Waals surface area contributed by atoms with Crippen molar-refractivity contribution >= 4 is 17.6 Å². The van der Waals surface area contributed by atoms with E-state index in [0.717, 1.165) is 18.5 Å². The number of hydrogen-bond acceptors (Lipinski definition) is 4. The molecule has 0 bridgehead atoms. The first-order chi connectivity index (χ1) is 13.0. The Morgan fingerprint density at radius 1 is 1.48 bits per heavy atom. The molecule has 2 aromatic rings. The number of nitriles is 1. The van der Waals surface area contributed by atoms with Crippen LogP contribution in [0.15, 0.2) is 24.5 Å². The maximum atomic E-state index is 12.6. The summed E-state index contributed by atoms with van der Waals surface area (Å²) < 4.78 is 1.86. The van der Waals surface area contributed by atoms with Gasteiger partial charge in [0.15, 0.2) is 0 Å². The third-order valence-electron chi connectivity index (χ3n) is 4.81. The van der Waals surface area contributed by atoms with Crippen LogP contribution in [0, 0.1) is 11.3 Å². The van der Waals surface area contributed by atoms with E-state index in [1.54, 1.807) is 29.4 Å². The normalized spacial score (nSPS) is 13.1. The van der Waals surface area contributed by atoms with Crippen molar-refractivity contribution in [1.29, 1.82) is 5.26 Å². The smallest absolute Gasteiger partial charge is 0.322 e. The second-order valence-corrected chi connectivity index (χ2v) is 6.58. The first-order valence-electron chi connectivity index (χ1n) is 8.85. The molecule has 0 unspecified atom stereocenters. The number of nitrogens with two attached hydrogens (primary N) is 1. The average molecular weight is 366 g/mol.